The van der Waals surface area contributed by atoms with Crippen molar-refractivity contribution in [3.63, 3.8) is 0 Å². The number of aryl methyl sites for hydroxylation is 1. The molecule has 0 atom stereocenters. The lowest BCUT2D eigenvalue weighted by Crippen LogP contribution is -2.34. The highest BCUT2D eigenvalue weighted by Gasteiger charge is 2.42. The Morgan fingerprint density at radius 2 is 1.41 bits per heavy atom. The van der Waals surface area contributed by atoms with Gasteiger partial charge >= 0.3 is 0 Å². The zero-order valence-electron chi connectivity index (χ0n) is 16.1. The van der Waals surface area contributed by atoms with E-state index < -0.39 is 17.6 Å². The number of imide groups is 1. The summed E-state index contributed by atoms with van der Waals surface area (Å²) in [6.45, 7) is 1.96. The summed E-state index contributed by atoms with van der Waals surface area (Å²) in [5, 5.41) is 0. The molecule has 0 saturated carbocycles. The minimum atomic E-state index is -0.441. The van der Waals surface area contributed by atoms with Gasteiger partial charge < -0.3 is 4.90 Å². The smallest absolute Gasteiger partial charge is 0.282 e. The van der Waals surface area contributed by atoms with E-state index in [0.29, 0.717) is 16.8 Å². The SMILES string of the molecule is Cc1ccc(C2=C(N(C)c3ccccc3)C(=O)N(c3ccc(F)cc3)C2=O)cc1. The molecule has 0 spiro atoms. The number of benzene rings is 3. The predicted molar refractivity (Wildman–Crippen MR) is 112 cm³/mol. The molecule has 0 radical (unpaired) electrons. The monoisotopic (exact) mass is 386 g/mol. The number of anilines is 2. The van der Waals surface area contributed by atoms with E-state index >= 15 is 0 Å². The Bertz CT molecular complexity index is 1100. The summed E-state index contributed by atoms with van der Waals surface area (Å²) in [4.78, 5) is 29.6. The molecular formula is C24H19FN2O2. The molecule has 0 unspecified atom stereocenters. The van der Waals surface area contributed by atoms with E-state index in [1.807, 2.05) is 61.5 Å². The third-order valence-electron chi connectivity index (χ3n) is 4.96. The average Bonchev–Trinajstić information content (AvgIpc) is 3.00. The van der Waals surface area contributed by atoms with Crippen LogP contribution in [0.5, 0.6) is 0 Å². The second-order valence-corrected chi connectivity index (χ2v) is 6.91. The van der Waals surface area contributed by atoms with Gasteiger partial charge in [0.1, 0.15) is 11.5 Å². The molecule has 3 aromatic carbocycles. The largest absolute Gasteiger partial charge is 0.339 e. The van der Waals surface area contributed by atoms with Crippen LogP contribution in [-0.4, -0.2) is 18.9 Å². The molecule has 0 fully saturated rings. The number of rotatable bonds is 4. The Morgan fingerprint density at radius 1 is 0.793 bits per heavy atom. The third-order valence-corrected chi connectivity index (χ3v) is 4.96. The summed E-state index contributed by atoms with van der Waals surface area (Å²) in [6, 6.07) is 22.2. The molecule has 2 amide bonds. The van der Waals surface area contributed by atoms with Gasteiger partial charge in [-0.2, -0.15) is 0 Å². The van der Waals surface area contributed by atoms with Crippen LogP contribution in [0.4, 0.5) is 15.8 Å². The van der Waals surface area contributed by atoms with E-state index in [-0.39, 0.29) is 5.70 Å². The lowest BCUT2D eigenvalue weighted by molar-refractivity contribution is -0.120. The summed E-state index contributed by atoms with van der Waals surface area (Å²) >= 11 is 0. The predicted octanol–water partition coefficient (Wildman–Crippen LogP) is 4.56. The number of amides is 2. The molecule has 1 aliphatic rings. The van der Waals surface area contributed by atoms with Crippen molar-refractivity contribution in [3.05, 3.63) is 102 Å². The van der Waals surface area contributed by atoms with Crippen LogP contribution in [-0.2, 0) is 9.59 Å². The van der Waals surface area contributed by atoms with Crippen LogP contribution in [0.1, 0.15) is 11.1 Å². The van der Waals surface area contributed by atoms with Crippen LogP contribution in [0, 0.1) is 12.7 Å². The van der Waals surface area contributed by atoms with Gasteiger partial charge in [0.2, 0.25) is 0 Å². The molecular weight excluding hydrogens is 367 g/mol. The number of likely N-dealkylation sites (N-methyl/N-ethyl adjacent to an activating group) is 1. The van der Waals surface area contributed by atoms with E-state index in [0.717, 1.165) is 16.2 Å². The molecule has 1 aliphatic heterocycles. The molecule has 0 aromatic heterocycles. The van der Waals surface area contributed by atoms with Crippen LogP contribution >= 0.6 is 0 Å². The molecule has 144 valence electrons. The zero-order valence-corrected chi connectivity index (χ0v) is 16.1. The van der Waals surface area contributed by atoms with Crippen molar-refractivity contribution < 1.29 is 14.0 Å². The van der Waals surface area contributed by atoms with Crippen LogP contribution in [0.15, 0.2) is 84.6 Å². The zero-order chi connectivity index (χ0) is 20.5. The maximum Gasteiger partial charge on any atom is 0.282 e. The minimum Gasteiger partial charge on any atom is -0.339 e. The van der Waals surface area contributed by atoms with Gasteiger partial charge in [-0.15, -0.1) is 0 Å². The maximum atomic E-state index is 13.4. The highest BCUT2D eigenvalue weighted by molar-refractivity contribution is 6.46. The van der Waals surface area contributed by atoms with Gasteiger partial charge in [-0.3, -0.25) is 9.59 Å². The van der Waals surface area contributed by atoms with Gasteiger partial charge in [-0.25, -0.2) is 9.29 Å². The molecule has 0 aliphatic carbocycles. The van der Waals surface area contributed by atoms with Crippen molar-refractivity contribution in [2.45, 2.75) is 6.92 Å². The van der Waals surface area contributed by atoms with Crippen LogP contribution in [0.2, 0.25) is 0 Å². The molecule has 0 bridgehead atoms. The Balaban J connectivity index is 1.87. The van der Waals surface area contributed by atoms with Gasteiger partial charge in [0.15, 0.2) is 0 Å². The normalized spacial score (nSPS) is 14.0. The standard InChI is InChI=1S/C24H19FN2O2/c1-16-8-10-17(11-9-16)21-22(26(2)19-6-4-3-5-7-19)24(29)27(23(21)28)20-14-12-18(25)13-15-20/h3-15H,1-2H3. The number of hydrogen-bond acceptors (Lipinski definition) is 3. The molecule has 0 saturated heterocycles. The van der Waals surface area contributed by atoms with Crippen LogP contribution in [0.3, 0.4) is 0 Å². The summed E-state index contributed by atoms with van der Waals surface area (Å²) < 4.78 is 13.4. The van der Waals surface area contributed by atoms with Crippen molar-refractivity contribution in [1.29, 1.82) is 0 Å². The lowest BCUT2D eigenvalue weighted by atomic mass is 10.0. The fourth-order valence-corrected chi connectivity index (χ4v) is 3.42. The maximum absolute atomic E-state index is 13.4. The lowest BCUT2D eigenvalue weighted by Gasteiger charge is -2.21. The van der Waals surface area contributed by atoms with Gasteiger partial charge in [0.25, 0.3) is 11.8 Å². The highest BCUT2D eigenvalue weighted by atomic mass is 19.1. The molecule has 3 aromatic rings. The fraction of sp³-hybridized carbons (Fsp3) is 0.0833. The number of para-hydroxylation sites is 1. The Labute approximate surface area is 168 Å². The van der Waals surface area contributed by atoms with Crippen molar-refractivity contribution in [3.8, 4) is 0 Å². The number of halogens is 1. The molecule has 1 heterocycles. The summed E-state index contributed by atoms with van der Waals surface area (Å²) in [5.41, 5.74) is 3.45. The van der Waals surface area contributed by atoms with Crippen molar-refractivity contribution in [2.75, 3.05) is 16.8 Å². The third kappa shape index (κ3) is 3.31. The topological polar surface area (TPSA) is 40.6 Å². The fourth-order valence-electron chi connectivity index (χ4n) is 3.42. The van der Waals surface area contributed by atoms with E-state index in [1.165, 1.54) is 24.3 Å². The van der Waals surface area contributed by atoms with E-state index in [4.69, 9.17) is 0 Å². The molecule has 4 nitrogen and oxygen atoms in total. The van der Waals surface area contributed by atoms with Gasteiger partial charge in [-0.05, 0) is 48.9 Å². The van der Waals surface area contributed by atoms with Gasteiger partial charge in [-0.1, -0.05) is 48.0 Å². The minimum absolute atomic E-state index is 0.286. The van der Waals surface area contributed by atoms with Crippen LogP contribution in [0.25, 0.3) is 5.57 Å². The quantitative estimate of drug-likeness (QED) is 0.618. The van der Waals surface area contributed by atoms with Crippen molar-refractivity contribution in [2.24, 2.45) is 0 Å². The first-order valence-corrected chi connectivity index (χ1v) is 9.22. The molecule has 5 heteroatoms. The number of hydrogen-bond donors (Lipinski definition) is 0. The van der Waals surface area contributed by atoms with Crippen molar-refractivity contribution in [1.82, 2.24) is 0 Å². The van der Waals surface area contributed by atoms with Crippen LogP contribution < -0.4 is 9.80 Å². The Kier molecular flexibility index (Phi) is 4.72. The first kappa shape index (κ1) is 18.6. The van der Waals surface area contributed by atoms with Gasteiger partial charge in [0, 0.05) is 12.7 Å². The highest BCUT2D eigenvalue weighted by Crippen LogP contribution is 2.36. The summed E-state index contributed by atoms with van der Waals surface area (Å²) in [6.07, 6.45) is 0. The molecule has 0 N–H and O–H groups in total. The van der Waals surface area contributed by atoms with Crippen molar-refractivity contribution >= 4 is 28.8 Å². The second kappa shape index (κ2) is 7.36. The first-order valence-electron chi connectivity index (χ1n) is 9.22. The van der Waals surface area contributed by atoms with Gasteiger partial charge in [0.05, 0.1) is 11.3 Å². The summed E-state index contributed by atoms with van der Waals surface area (Å²) in [5.74, 6) is -1.30. The van der Waals surface area contributed by atoms with E-state index in [1.54, 1.807) is 11.9 Å². The summed E-state index contributed by atoms with van der Waals surface area (Å²) in [7, 11) is 1.76. The average molecular weight is 386 g/mol. The Hall–Kier alpha value is -3.73. The molecule has 29 heavy (non-hydrogen) atoms. The Morgan fingerprint density at radius 3 is 2.03 bits per heavy atom. The number of carbonyl (C=O) groups excluding carboxylic acids is 2. The van der Waals surface area contributed by atoms with E-state index in [2.05, 4.69) is 0 Å². The number of carbonyl (C=O) groups is 2. The molecule has 4 rings (SSSR count). The first-order chi connectivity index (χ1) is 14.0. The number of nitrogens with zero attached hydrogens (tertiary/aromatic N) is 2. The van der Waals surface area contributed by atoms with E-state index in [9.17, 15) is 14.0 Å². The second-order valence-electron chi connectivity index (χ2n) is 6.91.